The highest BCUT2D eigenvalue weighted by Crippen LogP contribution is 2.40. The van der Waals surface area contributed by atoms with E-state index in [0.29, 0.717) is 29.2 Å². The number of aromatic nitrogens is 1. The Bertz CT molecular complexity index is 868. The molecule has 1 aliphatic carbocycles. The van der Waals surface area contributed by atoms with Crippen LogP contribution in [0.4, 0.5) is 8.78 Å². The van der Waals surface area contributed by atoms with Crippen molar-refractivity contribution in [2.24, 2.45) is 0 Å². The van der Waals surface area contributed by atoms with E-state index in [0.717, 1.165) is 5.52 Å². The van der Waals surface area contributed by atoms with Gasteiger partial charge < -0.3 is 19.7 Å². The Morgan fingerprint density at radius 2 is 2.15 bits per heavy atom. The van der Waals surface area contributed by atoms with Crippen LogP contribution in [0.15, 0.2) is 24.4 Å². The first-order valence-corrected chi connectivity index (χ1v) is 9.40. The highest BCUT2D eigenvalue weighted by atomic mass is 35.5. The van der Waals surface area contributed by atoms with Gasteiger partial charge in [-0.25, -0.2) is 8.78 Å². The molecule has 4 rings (SSSR count). The SMILES string of the molecule is O=C(c1c[nH]c2cccc(Cl)c12)N(C[C@@]1(O)CCCC(F)(F)C1)C1COC1. The van der Waals surface area contributed by atoms with E-state index in [2.05, 4.69) is 4.98 Å². The first-order valence-electron chi connectivity index (χ1n) is 9.03. The summed E-state index contributed by atoms with van der Waals surface area (Å²) in [4.78, 5) is 17.8. The van der Waals surface area contributed by atoms with Gasteiger partial charge in [0.05, 0.1) is 42.0 Å². The lowest BCUT2D eigenvalue weighted by molar-refractivity contribution is -0.142. The first kappa shape index (κ1) is 18.7. The molecule has 2 aliphatic rings. The number of amides is 1. The fraction of sp³-hybridized carbons (Fsp3) is 0.526. The number of nitrogens with one attached hydrogen (secondary N) is 1. The number of carbonyl (C=O) groups is 1. The van der Waals surface area contributed by atoms with Crippen LogP contribution < -0.4 is 0 Å². The van der Waals surface area contributed by atoms with Crippen molar-refractivity contribution in [3.05, 3.63) is 35.0 Å². The van der Waals surface area contributed by atoms with Crippen LogP contribution in [0.25, 0.3) is 10.9 Å². The summed E-state index contributed by atoms with van der Waals surface area (Å²) in [5.41, 5.74) is -0.518. The predicted molar refractivity (Wildman–Crippen MR) is 97.3 cm³/mol. The third-order valence-electron chi connectivity index (χ3n) is 5.44. The standard InChI is InChI=1S/C19H21ClF2N2O3/c20-14-3-1-4-15-16(14)13(7-23-15)17(25)24(12-8-27-9-12)11-18(26)5-2-6-19(21,22)10-18/h1,3-4,7,12,23,26H,2,5-6,8-11H2/t18-/m1/s1. The number of halogens is 3. The van der Waals surface area contributed by atoms with E-state index in [1.165, 1.54) is 4.90 Å². The van der Waals surface area contributed by atoms with Gasteiger partial charge in [-0.3, -0.25) is 4.79 Å². The Balaban J connectivity index is 1.65. The summed E-state index contributed by atoms with van der Waals surface area (Å²) in [6, 6.07) is 5.04. The Morgan fingerprint density at radius 1 is 1.37 bits per heavy atom. The number of hydrogen-bond acceptors (Lipinski definition) is 3. The molecule has 0 unspecified atom stereocenters. The molecule has 2 aromatic rings. The molecule has 2 heterocycles. The van der Waals surface area contributed by atoms with E-state index >= 15 is 0 Å². The van der Waals surface area contributed by atoms with Gasteiger partial charge in [-0.1, -0.05) is 17.7 Å². The number of aromatic amines is 1. The Hall–Kier alpha value is -1.70. The lowest BCUT2D eigenvalue weighted by Crippen LogP contribution is -2.58. The molecule has 2 N–H and O–H groups in total. The van der Waals surface area contributed by atoms with Crippen molar-refractivity contribution in [1.82, 2.24) is 9.88 Å². The molecule has 146 valence electrons. The molecule has 0 spiro atoms. The highest BCUT2D eigenvalue weighted by Gasteiger charge is 2.47. The van der Waals surface area contributed by atoms with Crippen molar-refractivity contribution in [2.45, 2.75) is 43.2 Å². The van der Waals surface area contributed by atoms with Crippen LogP contribution in [0.1, 0.15) is 36.0 Å². The first-order chi connectivity index (χ1) is 12.8. The van der Waals surface area contributed by atoms with E-state index in [1.54, 1.807) is 18.3 Å². The average Bonchev–Trinajstić information content (AvgIpc) is 2.96. The van der Waals surface area contributed by atoms with Gasteiger partial charge in [-0.05, 0) is 25.0 Å². The number of rotatable bonds is 4. The van der Waals surface area contributed by atoms with Crippen LogP contribution >= 0.6 is 11.6 Å². The fourth-order valence-corrected chi connectivity index (χ4v) is 4.30. The molecule has 1 aromatic carbocycles. The molecule has 1 atom stereocenters. The van der Waals surface area contributed by atoms with Crippen molar-refractivity contribution in [3.8, 4) is 0 Å². The number of hydrogen-bond donors (Lipinski definition) is 2. The molecule has 27 heavy (non-hydrogen) atoms. The number of fused-ring (bicyclic) bond motifs is 1. The average molecular weight is 399 g/mol. The van der Waals surface area contributed by atoms with Gasteiger partial charge in [0.15, 0.2) is 0 Å². The topological polar surface area (TPSA) is 65.6 Å². The third kappa shape index (κ3) is 3.56. The monoisotopic (exact) mass is 398 g/mol. The summed E-state index contributed by atoms with van der Waals surface area (Å²) in [6.45, 7) is 0.509. The minimum Gasteiger partial charge on any atom is -0.388 e. The summed E-state index contributed by atoms with van der Waals surface area (Å²) >= 11 is 6.27. The zero-order chi connectivity index (χ0) is 19.2. The number of alkyl halides is 2. The van der Waals surface area contributed by atoms with Crippen LogP contribution in [0.3, 0.4) is 0 Å². The van der Waals surface area contributed by atoms with Crippen LogP contribution in [-0.4, -0.2) is 58.2 Å². The van der Waals surface area contributed by atoms with Gasteiger partial charge in [0, 0.05) is 29.9 Å². The summed E-state index contributed by atoms with van der Waals surface area (Å²) in [5.74, 6) is -3.26. The number of ether oxygens (including phenoxy) is 1. The van der Waals surface area contributed by atoms with Crippen molar-refractivity contribution in [1.29, 1.82) is 0 Å². The molecule has 5 nitrogen and oxygen atoms in total. The normalized spacial score (nSPS) is 25.3. The smallest absolute Gasteiger partial charge is 0.256 e. The number of H-pyrrole nitrogens is 1. The zero-order valence-electron chi connectivity index (χ0n) is 14.7. The minimum absolute atomic E-state index is 0.146. The molecule has 0 radical (unpaired) electrons. The van der Waals surface area contributed by atoms with Crippen LogP contribution in [0, 0.1) is 0 Å². The van der Waals surface area contributed by atoms with E-state index in [1.807, 2.05) is 6.07 Å². The van der Waals surface area contributed by atoms with E-state index in [9.17, 15) is 18.7 Å². The van der Waals surface area contributed by atoms with Crippen molar-refractivity contribution >= 4 is 28.4 Å². The van der Waals surface area contributed by atoms with Crippen molar-refractivity contribution in [3.63, 3.8) is 0 Å². The lowest BCUT2D eigenvalue weighted by atomic mass is 9.81. The van der Waals surface area contributed by atoms with Crippen LogP contribution in [-0.2, 0) is 4.74 Å². The summed E-state index contributed by atoms with van der Waals surface area (Å²) in [7, 11) is 0. The van der Waals surface area contributed by atoms with Crippen LogP contribution in [0.2, 0.25) is 5.02 Å². The molecule has 8 heteroatoms. The highest BCUT2D eigenvalue weighted by molar-refractivity contribution is 6.36. The van der Waals surface area contributed by atoms with Gasteiger partial charge in [0.1, 0.15) is 0 Å². The Kier molecular flexibility index (Phi) is 4.64. The molecular formula is C19H21ClF2N2O3. The molecular weight excluding hydrogens is 378 g/mol. The Labute approximate surface area is 160 Å². The van der Waals surface area contributed by atoms with Crippen LogP contribution in [0.5, 0.6) is 0 Å². The fourth-order valence-electron chi connectivity index (χ4n) is 4.02. The molecule has 1 aliphatic heterocycles. The van der Waals surface area contributed by atoms with Gasteiger partial charge in [-0.15, -0.1) is 0 Å². The third-order valence-corrected chi connectivity index (χ3v) is 5.76. The molecule has 1 amide bonds. The summed E-state index contributed by atoms with van der Waals surface area (Å²) in [6.07, 6.45) is 1.19. The van der Waals surface area contributed by atoms with Crippen molar-refractivity contribution in [2.75, 3.05) is 19.8 Å². The number of carbonyl (C=O) groups excluding carboxylic acids is 1. The molecule has 1 saturated carbocycles. The Morgan fingerprint density at radius 3 is 2.81 bits per heavy atom. The molecule has 2 fully saturated rings. The van der Waals surface area contributed by atoms with E-state index in [4.69, 9.17) is 16.3 Å². The number of nitrogens with zero attached hydrogens (tertiary/aromatic N) is 1. The maximum absolute atomic E-state index is 13.9. The van der Waals surface area contributed by atoms with Gasteiger partial charge >= 0.3 is 0 Å². The lowest BCUT2D eigenvalue weighted by Gasteiger charge is -2.44. The second kappa shape index (κ2) is 6.72. The van der Waals surface area contributed by atoms with Crippen molar-refractivity contribution < 1.29 is 23.4 Å². The second-order valence-corrected chi connectivity index (χ2v) is 8.01. The minimum atomic E-state index is -2.91. The molecule has 1 saturated heterocycles. The summed E-state index contributed by atoms with van der Waals surface area (Å²) in [5, 5.41) is 11.8. The largest absolute Gasteiger partial charge is 0.388 e. The van der Waals surface area contributed by atoms with E-state index < -0.39 is 17.9 Å². The van der Waals surface area contributed by atoms with E-state index in [-0.39, 0.29) is 37.8 Å². The number of aliphatic hydroxyl groups is 1. The predicted octanol–water partition coefficient (Wildman–Crippen LogP) is 3.60. The second-order valence-electron chi connectivity index (χ2n) is 7.60. The maximum atomic E-state index is 13.9. The molecule has 0 bridgehead atoms. The number of benzene rings is 1. The summed E-state index contributed by atoms with van der Waals surface area (Å²) < 4.78 is 32.9. The van der Waals surface area contributed by atoms with Gasteiger partial charge in [-0.2, -0.15) is 0 Å². The zero-order valence-corrected chi connectivity index (χ0v) is 15.4. The maximum Gasteiger partial charge on any atom is 0.256 e. The van der Waals surface area contributed by atoms with Gasteiger partial charge in [0.25, 0.3) is 11.8 Å². The molecule has 1 aromatic heterocycles. The van der Waals surface area contributed by atoms with Gasteiger partial charge in [0.2, 0.25) is 0 Å². The quantitative estimate of drug-likeness (QED) is 0.827.